The summed E-state index contributed by atoms with van der Waals surface area (Å²) in [7, 11) is 0. The summed E-state index contributed by atoms with van der Waals surface area (Å²) in [5, 5.41) is 11.9. The Morgan fingerprint density at radius 2 is 2.11 bits per heavy atom. The highest BCUT2D eigenvalue weighted by Gasteiger charge is 2.23. The Labute approximate surface area is 116 Å². The van der Waals surface area contributed by atoms with E-state index in [0.717, 1.165) is 50.8 Å². The summed E-state index contributed by atoms with van der Waals surface area (Å²) in [6, 6.07) is 4.75. The van der Waals surface area contributed by atoms with E-state index in [1.54, 1.807) is 0 Å². The van der Waals surface area contributed by atoms with Gasteiger partial charge in [0.1, 0.15) is 0 Å². The highest BCUT2D eigenvalue weighted by atomic mass is 15.3. The van der Waals surface area contributed by atoms with Gasteiger partial charge in [0.05, 0.1) is 5.69 Å². The SMILES string of the molecule is CCNCc1ccc(N2CCN(CC)C(C)C2)nn1. The molecule has 2 rings (SSSR count). The van der Waals surface area contributed by atoms with Crippen molar-refractivity contribution in [2.24, 2.45) is 0 Å². The number of aromatic nitrogens is 2. The molecule has 0 amide bonds. The van der Waals surface area contributed by atoms with E-state index in [9.17, 15) is 0 Å². The molecule has 0 radical (unpaired) electrons. The van der Waals surface area contributed by atoms with Gasteiger partial charge < -0.3 is 10.2 Å². The summed E-state index contributed by atoms with van der Waals surface area (Å²) in [5.41, 5.74) is 1.01. The second-order valence-corrected chi connectivity index (χ2v) is 5.09. The third kappa shape index (κ3) is 3.64. The lowest BCUT2D eigenvalue weighted by Gasteiger charge is -2.39. The van der Waals surface area contributed by atoms with E-state index in [4.69, 9.17) is 0 Å². The molecule has 1 saturated heterocycles. The van der Waals surface area contributed by atoms with Gasteiger partial charge in [0.25, 0.3) is 0 Å². The van der Waals surface area contributed by atoms with Gasteiger partial charge in [0, 0.05) is 32.2 Å². The van der Waals surface area contributed by atoms with Gasteiger partial charge in [-0.25, -0.2) is 0 Å². The second-order valence-electron chi connectivity index (χ2n) is 5.09. The third-order valence-electron chi connectivity index (χ3n) is 3.76. The van der Waals surface area contributed by atoms with Crippen molar-refractivity contribution in [2.75, 3.05) is 37.6 Å². The fourth-order valence-corrected chi connectivity index (χ4v) is 2.54. The van der Waals surface area contributed by atoms with Crippen molar-refractivity contribution in [3.63, 3.8) is 0 Å². The first-order valence-corrected chi connectivity index (χ1v) is 7.27. The summed E-state index contributed by atoms with van der Waals surface area (Å²) in [4.78, 5) is 4.84. The Hall–Kier alpha value is -1.20. The van der Waals surface area contributed by atoms with Crippen LogP contribution in [0, 0.1) is 0 Å². The summed E-state index contributed by atoms with van der Waals surface area (Å²) in [6.45, 7) is 12.7. The van der Waals surface area contributed by atoms with Gasteiger partial charge in [-0.15, -0.1) is 5.10 Å². The number of hydrogen-bond donors (Lipinski definition) is 1. The van der Waals surface area contributed by atoms with E-state index >= 15 is 0 Å². The van der Waals surface area contributed by atoms with Gasteiger partial charge in [-0.1, -0.05) is 13.8 Å². The molecule has 1 atom stereocenters. The van der Waals surface area contributed by atoms with Crippen LogP contribution >= 0.6 is 0 Å². The van der Waals surface area contributed by atoms with Crippen LogP contribution in [0.5, 0.6) is 0 Å². The zero-order valence-corrected chi connectivity index (χ0v) is 12.3. The minimum Gasteiger partial charge on any atom is -0.352 e. The van der Waals surface area contributed by atoms with E-state index in [1.165, 1.54) is 0 Å². The quantitative estimate of drug-likeness (QED) is 0.862. The van der Waals surface area contributed by atoms with Crippen molar-refractivity contribution in [3.05, 3.63) is 17.8 Å². The Morgan fingerprint density at radius 1 is 1.26 bits per heavy atom. The molecule has 1 aliphatic heterocycles. The predicted molar refractivity (Wildman–Crippen MR) is 78.3 cm³/mol. The van der Waals surface area contributed by atoms with E-state index in [1.807, 2.05) is 0 Å². The van der Waals surface area contributed by atoms with Crippen LogP contribution in [0.2, 0.25) is 0 Å². The topological polar surface area (TPSA) is 44.3 Å². The Balaban J connectivity index is 1.95. The fraction of sp³-hybridized carbons (Fsp3) is 0.714. The Morgan fingerprint density at radius 3 is 2.68 bits per heavy atom. The molecule has 106 valence electrons. The summed E-state index contributed by atoms with van der Waals surface area (Å²) < 4.78 is 0. The van der Waals surface area contributed by atoms with Crippen LogP contribution in [0.4, 0.5) is 5.82 Å². The lowest BCUT2D eigenvalue weighted by molar-refractivity contribution is 0.199. The van der Waals surface area contributed by atoms with E-state index in [-0.39, 0.29) is 0 Å². The van der Waals surface area contributed by atoms with E-state index in [2.05, 4.69) is 58.2 Å². The molecule has 5 heteroatoms. The van der Waals surface area contributed by atoms with Crippen LogP contribution in [0.3, 0.4) is 0 Å². The third-order valence-corrected chi connectivity index (χ3v) is 3.76. The van der Waals surface area contributed by atoms with Crippen molar-refractivity contribution < 1.29 is 0 Å². The molecule has 1 fully saturated rings. The summed E-state index contributed by atoms with van der Waals surface area (Å²) in [5.74, 6) is 1.00. The molecule has 0 bridgehead atoms. The van der Waals surface area contributed by atoms with Crippen LogP contribution in [0.25, 0.3) is 0 Å². The Kier molecular flexibility index (Phi) is 5.10. The number of anilines is 1. The number of nitrogens with one attached hydrogen (secondary N) is 1. The van der Waals surface area contributed by atoms with Gasteiger partial charge >= 0.3 is 0 Å². The molecule has 1 aromatic rings. The van der Waals surface area contributed by atoms with Gasteiger partial charge in [-0.3, -0.25) is 4.90 Å². The highest BCUT2D eigenvalue weighted by Crippen LogP contribution is 2.16. The number of piperazine rings is 1. The van der Waals surface area contributed by atoms with Crippen LogP contribution in [-0.4, -0.2) is 53.9 Å². The zero-order valence-electron chi connectivity index (χ0n) is 12.3. The van der Waals surface area contributed by atoms with Crippen molar-refractivity contribution in [1.29, 1.82) is 0 Å². The molecule has 2 heterocycles. The molecule has 0 aromatic carbocycles. The van der Waals surface area contributed by atoms with Gasteiger partial charge in [-0.05, 0) is 32.1 Å². The first-order valence-electron chi connectivity index (χ1n) is 7.27. The van der Waals surface area contributed by atoms with Gasteiger partial charge in [-0.2, -0.15) is 5.10 Å². The molecule has 0 spiro atoms. The average Bonchev–Trinajstić information content (AvgIpc) is 2.45. The maximum Gasteiger partial charge on any atom is 0.151 e. The minimum absolute atomic E-state index is 0.585. The van der Waals surface area contributed by atoms with E-state index < -0.39 is 0 Å². The molecule has 0 saturated carbocycles. The number of likely N-dealkylation sites (N-methyl/N-ethyl adjacent to an activating group) is 1. The first-order chi connectivity index (χ1) is 9.24. The van der Waals surface area contributed by atoms with Crippen molar-refractivity contribution >= 4 is 5.82 Å². The Bertz CT molecular complexity index is 378. The first kappa shape index (κ1) is 14.2. The standard InChI is InChI=1S/C14H25N5/c1-4-15-10-13-6-7-14(17-16-13)19-9-8-18(5-2)12(3)11-19/h6-7,12,15H,4-5,8-11H2,1-3H3. The number of hydrogen-bond acceptors (Lipinski definition) is 5. The maximum absolute atomic E-state index is 4.36. The molecular weight excluding hydrogens is 238 g/mol. The monoisotopic (exact) mass is 263 g/mol. The van der Waals surface area contributed by atoms with Crippen LogP contribution in [-0.2, 0) is 6.54 Å². The molecule has 1 unspecified atom stereocenters. The van der Waals surface area contributed by atoms with Gasteiger partial charge in [0.15, 0.2) is 5.82 Å². The summed E-state index contributed by atoms with van der Waals surface area (Å²) >= 11 is 0. The molecule has 0 aliphatic carbocycles. The van der Waals surface area contributed by atoms with Crippen molar-refractivity contribution in [1.82, 2.24) is 20.4 Å². The van der Waals surface area contributed by atoms with Crippen LogP contribution < -0.4 is 10.2 Å². The average molecular weight is 263 g/mol. The maximum atomic E-state index is 4.36. The predicted octanol–water partition coefficient (Wildman–Crippen LogP) is 1.12. The smallest absolute Gasteiger partial charge is 0.151 e. The van der Waals surface area contributed by atoms with Crippen molar-refractivity contribution in [3.8, 4) is 0 Å². The largest absolute Gasteiger partial charge is 0.352 e. The highest BCUT2D eigenvalue weighted by molar-refractivity contribution is 5.38. The molecule has 5 nitrogen and oxygen atoms in total. The van der Waals surface area contributed by atoms with E-state index in [0.29, 0.717) is 6.04 Å². The lowest BCUT2D eigenvalue weighted by Crippen LogP contribution is -2.52. The molecular formula is C14H25N5. The molecule has 1 aromatic heterocycles. The second kappa shape index (κ2) is 6.82. The minimum atomic E-state index is 0.585. The van der Waals surface area contributed by atoms with Crippen LogP contribution in [0.1, 0.15) is 26.5 Å². The zero-order chi connectivity index (χ0) is 13.7. The molecule has 1 aliphatic rings. The number of nitrogens with zero attached hydrogens (tertiary/aromatic N) is 4. The molecule has 19 heavy (non-hydrogen) atoms. The van der Waals surface area contributed by atoms with Crippen LogP contribution in [0.15, 0.2) is 12.1 Å². The number of rotatable bonds is 5. The lowest BCUT2D eigenvalue weighted by atomic mass is 10.2. The van der Waals surface area contributed by atoms with Gasteiger partial charge in [0.2, 0.25) is 0 Å². The van der Waals surface area contributed by atoms with Crippen molar-refractivity contribution in [2.45, 2.75) is 33.4 Å². The fourth-order valence-electron chi connectivity index (χ4n) is 2.54. The normalized spacial score (nSPS) is 20.8. The molecule has 1 N–H and O–H groups in total. The summed E-state index contributed by atoms with van der Waals surface area (Å²) in [6.07, 6.45) is 0.